The van der Waals surface area contributed by atoms with E-state index in [1.165, 1.54) is 27.0 Å². The van der Waals surface area contributed by atoms with Gasteiger partial charge in [-0.05, 0) is 40.2 Å². The Morgan fingerprint density at radius 2 is 2.07 bits per heavy atom. The third-order valence-electron chi connectivity index (χ3n) is 3.96. The third-order valence-corrected chi connectivity index (χ3v) is 8.89. The molecule has 140 valence electrons. The van der Waals surface area contributed by atoms with Gasteiger partial charge in [-0.2, -0.15) is 4.31 Å². The van der Waals surface area contributed by atoms with Gasteiger partial charge >= 0.3 is 0 Å². The number of aromatic nitrogens is 2. The molecule has 7 nitrogen and oxygen atoms in total. The van der Waals surface area contributed by atoms with Gasteiger partial charge in [0.05, 0.1) is 16.0 Å². The highest BCUT2D eigenvalue weighted by Crippen LogP contribution is 2.34. The largest absolute Gasteiger partial charge is 0.296 e. The monoisotopic (exact) mass is 484 g/mol. The number of sulfonamides is 1. The molecule has 4 heterocycles. The fourth-order valence-corrected chi connectivity index (χ4v) is 7.33. The normalized spacial score (nSPS) is 14.7. The van der Waals surface area contributed by atoms with Crippen molar-refractivity contribution in [1.82, 2.24) is 14.3 Å². The number of thiophene rings is 1. The van der Waals surface area contributed by atoms with Gasteiger partial charge in [0.15, 0.2) is 5.13 Å². The van der Waals surface area contributed by atoms with Crippen LogP contribution >= 0.6 is 38.6 Å². The Hall–Kier alpha value is -1.66. The minimum absolute atomic E-state index is 0.254. The van der Waals surface area contributed by atoms with Crippen LogP contribution in [0.4, 0.5) is 5.13 Å². The summed E-state index contributed by atoms with van der Waals surface area (Å²) in [7, 11) is -3.54. The molecule has 0 aromatic carbocycles. The number of nitrogens with one attached hydrogen (secondary N) is 1. The number of nitrogens with zero attached hydrogens (tertiary/aromatic N) is 3. The first-order chi connectivity index (χ1) is 12.9. The van der Waals surface area contributed by atoms with Gasteiger partial charge in [0, 0.05) is 24.0 Å². The van der Waals surface area contributed by atoms with Crippen LogP contribution in [-0.2, 0) is 23.0 Å². The first-order valence-corrected chi connectivity index (χ1v) is 11.8. The molecule has 1 amide bonds. The number of fused-ring (bicyclic) bond motifs is 1. The number of anilines is 1. The first kappa shape index (κ1) is 18.7. The van der Waals surface area contributed by atoms with E-state index < -0.39 is 10.0 Å². The second-order valence-corrected chi connectivity index (χ2v) is 11.4. The zero-order chi connectivity index (χ0) is 19.0. The molecule has 0 fully saturated rings. The number of amides is 1. The minimum Gasteiger partial charge on any atom is -0.296 e. The lowest BCUT2D eigenvalue weighted by Gasteiger charge is -2.24. The molecule has 0 saturated heterocycles. The Morgan fingerprint density at radius 1 is 1.22 bits per heavy atom. The van der Waals surface area contributed by atoms with E-state index >= 15 is 0 Å². The van der Waals surface area contributed by atoms with Crippen LogP contribution in [0.3, 0.4) is 0 Å². The van der Waals surface area contributed by atoms with E-state index in [0.717, 1.165) is 14.4 Å². The van der Waals surface area contributed by atoms with E-state index in [2.05, 4.69) is 31.2 Å². The highest BCUT2D eigenvalue weighted by atomic mass is 79.9. The SMILES string of the molecule is O=C(Nc1nc2c(s1)CN(S(=O)(=O)c1ccc(Br)s1)CC2)c1ccccn1. The van der Waals surface area contributed by atoms with Crippen LogP contribution in [0.1, 0.15) is 21.1 Å². The average Bonchev–Trinajstić information content (AvgIpc) is 3.27. The van der Waals surface area contributed by atoms with Gasteiger partial charge in [-0.1, -0.05) is 6.07 Å². The molecule has 0 unspecified atom stereocenters. The molecule has 0 atom stereocenters. The Balaban J connectivity index is 1.52. The highest BCUT2D eigenvalue weighted by molar-refractivity contribution is 9.11. The van der Waals surface area contributed by atoms with Crippen LogP contribution in [0.5, 0.6) is 0 Å². The number of carbonyl (C=O) groups excluding carboxylic acids is 1. The van der Waals surface area contributed by atoms with Crippen molar-refractivity contribution in [3.8, 4) is 0 Å². The minimum atomic E-state index is -3.54. The topological polar surface area (TPSA) is 92.3 Å². The van der Waals surface area contributed by atoms with Crippen molar-refractivity contribution in [2.75, 3.05) is 11.9 Å². The smallest absolute Gasteiger partial charge is 0.276 e. The fraction of sp³-hybridized carbons (Fsp3) is 0.188. The quantitative estimate of drug-likeness (QED) is 0.612. The molecular weight excluding hydrogens is 472 g/mol. The molecule has 0 spiro atoms. The van der Waals surface area contributed by atoms with Crippen molar-refractivity contribution in [3.05, 3.63) is 56.6 Å². The number of thiazole rings is 1. The Kier molecular flexibility index (Phi) is 5.12. The lowest BCUT2D eigenvalue weighted by molar-refractivity contribution is 0.102. The molecule has 27 heavy (non-hydrogen) atoms. The molecule has 0 radical (unpaired) electrons. The summed E-state index contributed by atoms with van der Waals surface area (Å²) >= 11 is 5.79. The number of carbonyl (C=O) groups is 1. The molecule has 4 rings (SSSR count). The molecule has 1 aliphatic rings. The van der Waals surface area contributed by atoms with Crippen molar-refractivity contribution < 1.29 is 13.2 Å². The van der Waals surface area contributed by atoms with Gasteiger partial charge in [-0.15, -0.1) is 22.7 Å². The third kappa shape index (κ3) is 3.83. The van der Waals surface area contributed by atoms with Gasteiger partial charge in [-0.25, -0.2) is 13.4 Å². The van der Waals surface area contributed by atoms with Crippen LogP contribution in [0.25, 0.3) is 0 Å². The zero-order valence-corrected chi connectivity index (χ0v) is 17.8. The molecule has 0 bridgehead atoms. The Morgan fingerprint density at radius 3 is 2.78 bits per heavy atom. The lowest BCUT2D eigenvalue weighted by atomic mass is 10.2. The predicted molar refractivity (Wildman–Crippen MR) is 108 cm³/mol. The molecule has 1 aliphatic heterocycles. The maximum Gasteiger partial charge on any atom is 0.276 e. The predicted octanol–water partition coefficient (Wildman–Crippen LogP) is 3.36. The maximum atomic E-state index is 12.8. The fourth-order valence-electron chi connectivity index (χ4n) is 2.65. The van der Waals surface area contributed by atoms with Crippen molar-refractivity contribution in [3.63, 3.8) is 0 Å². The number of pyridine rings is 1. The van der Waals surface area contributed by atoms with Crippen molar-refractivity contribution >= 4 is 59.7 Å². The van der Waals surface area contributed by atoms with Crippen LogP contribution in [-0.4, -0.2) is 35.1 Å². The summed E-state index contributed by atoms with van der Waals surface area (Å²) in [5.41, 5.74) is 1.13. The number of hydrogen-bond donors (Lipinski definition) is 1. The zero-order valence-electron chi connectivity index (χ0n) is 13.8. The molecule has 1 N–H and O–H groups in total. The van der Waals surface area contributed by atoms with E-state index in [1.807, 2.05) is 0 Å². The Bertz CT molecular complexity index is 1100. The summed E-state index contributed by atoms with van der Waals surface area (Å²) in [6, 6.07) is 8.42. The van der Waals surface area contributed by atoms with E-state index in [-0.39, 0.29) is 12.5 Å². The van der Waals surface area contributed by atoms with Crippen LogP contribution in [0.15, 0.2) is 44.5 Å². The summed E-state index contributed by atoms with van der Waals surface area (Å²) < 4.78 is 28.1. The summed E-state index contributed by atoms with van der Waals surface area (Å²) in [5.74, 6) is -0.338. The van der Waals surface area contributed by atoms with Gasteiger partial charge in [0.2, 0.25) is 0 Å². The van der Waals surface area contributed by atoms with Crippen LogP contribution in [0.2, 0.25) is 0 Å². The Labute approximate surface area is 172 Å². The second-order valence-electron chi connectivity index (χ2n) is 5.71. The second kappa shape index (κ2) is 7.40. The maximum absolute atomic E-state index is 12.8. The van der Waals surface area contributed by atoms with E-state index in [4.69, 9.17) is 0 Å². The van der Waals surface area contributed by atoms with Crippen LogP contribution in [0, 0.1) is 0 Å². The molecular formula is C16H13BrN4O3S3. The summed E-state index contributed by atoms with van der Waals surface area (Å²) in [4.78, 5) is 21.5. The summed E-state index contributed by atoms with van der Waals surface area (Å²) in [6.07, 6.45) is 2.06. The molecule has 0 saturated carbocycles. The van der Waals surface area contributed by atoms with E-state index in [0.29, 0.717) is 28.0 Å². The molecule has 0 aliphatic carbocycles. The standard InChI is InChI=1S/C16H13BrN4O3S3/c17-13-4-5-14(26-13)27(23,24)21-8-6-10-12(9-21)25-16(19-10)20-15(22)11-3-1-2-7-18-11/h1-5,7H,6,8-9H2,(H,19,20,22). The molecule has 3 aromatic heterocycles. The van der Waals surface area contributed by atoms with Gasteiger partial charge in [0.1, 0.15) is 9.90 Å². The van der Waals surface area contributed by atoms with Crippen LogP contribution < -0.4 is 5.32 Å². The number of hydrogen-bond acceptors (Lipinski definition) is 7. The molecule has 3 aromatic rings. The van der Waals surface area contributed by atoms with Gasteiger partial charge in [0.25, 0.3) is 15.9 Å². The van der Waals surface area contributed by atoms with Crippen molar-refractivity contribution in [1.29, 1.82) is 0 Å². The van der Waals surface area contributed by atoms with Gasteiger partial charge in [-0.3, -0.25) is 15.1 Å². The first-order valence-electron chi connectivity index (χ1n) is 7.90. The van der Waals surface area contributed by atoms with E-state index in [1.54, 1.807) is 36.5 Å². The summed E-state index contributed by atoms with van der Waals surface area (Å²) in [6.45, 7) is 0.618. The van der Waals surface area contributed by atoms with Crippen molar-refractivity contribution in [2.24, 2.45) is 0 Å². The molecule has 11 heteroatoms. The van der Waals surface area contributed by atoms with Gasteiger partial charge < -0.3 is 0 Å². The highest BCUT2D eigenvalue weighted by Gasteiger charge is 2.31. The van der Waals surface area contributed by atoms with E-state index in [9.17, 15) is 13.2 Å². The number of rotatable bonds is 4. The summed E-state index contributed by atoms with van der Waals surface area (Å²) in [5, 5.41) is 3.19. The van der Waals surface area contributed by atoms with Crippen molar-refractivity contribution in [2.45, 2.75) is 17.2 Å². The lowest BCUT2D eigenvalue weighted by Crippen LogP contribution is -2.35. The number of halogens is 1. The average molecular weight is 485 g/mol.